The minimum Gasteiger partial charge on any atom is -0.496 e. The smallest absolute Gasteiger partial charge is 0.261 e. The molecule has 2 aromatic carbocycles. The van der Waals surface area contributed by atoms with Crippen LogP contribution in [0.15, 0.2) is 36.4 Å². The zero-order valence-electron chi connectivity index (χ0n) is 19.3. The van der Waals surface area contributed by atoms with Crippen molar-refractivity contribution in [3.63, 3.8) is 0 Å². The second-order valence-electron chi connectivity index (χ2n) is 7.43. The maximum atomic E-state index is 13.2. The molecule has 2 aromatic rings. The van der Waals surface area contributed by atoms with Gasteiger partial charge in [0.25, 0.3) is 5.91 Å². The van der Waals surface area contributed by atoms with Gasteiger partial charge in [0.2, 0.25) is 5.91 Å². The summed E-state index contributed by atoms with van der Waals surface area (Å²) in [6, 6.07) is 9.40. The zero-order valence-corrected chi connectivity index (χ0v) is 20.8. The number of nitrogens with one attached hydrogen (secondary N) is 1. The van der Waals surface area contributed by atoms with Crippen LogP contribution >= 0.6 is 23.2 Å². The Balaban J connectivity index is 2.19. The molecule has 0 saturated heterocycles. The zero-order chi connectivity index (χ0) is 24.4. The fraction of sp³-hybridized carbons (Fsp3) is 0.417. The van der Waals surface area contributed by atoms with Crippen LogP contribution in [0.3, 0.4) is 0 Å². The molecule has 0 radical (unpaired) electrons. The van der Waals surface area contributed by atoms with E-state index in [4.69, 9.17) is 37.4 Å². The highest BCUT2D eigenvalue weighted by Gasteiger charge is 2.26. The lowest BCUT2D eigenvalue weighted by Crippen LogP contribution is -2.49. The van der Waals surface area contributed by atoms with Crippen molar-refractivity contribution in [1.82, 2.24) is 10.2 Å². The first-order valence-electron chi connectivity index (χ1n) is 10.7. The number of nitrogens with zero attached hydrogens (tertiary/aromatic N) is 1. The third kappa shape index (κ3) is 8.02. The molecule has 33 heavy (non-hydrogen) atoms. The van der Waals surface area contributed by atoms with Gasteiger partial charge < -0.3 is 24.4 Å². The lowest BCUT2D eigenvalue weighted by molar-refractivity contribution is -0.142. The Morgan fingerprint density at radius 2 is 1.64 bits per heavy atom. The number of benzene rings is 2. The van der Waals surface area contributed by atoms with Crippen molar-refractivity contribution < 1.29 is 23.8 Å². The van der Waals surface area contributed by atoms with Crippen molar-refractivity contribution in [1.29, 1.82) is 0 Å². The Bertz CT molecular complexity index is 932. The summed E-state index contributed by atoms with van der Waals surface area (Å²) in [6.07, 6.45) is 1.82. The number of methoxy groups -OCH3 is 2. The van der Waals surface area contributed by atoms with Gasteiger partial charge in [-0.2, -0.15) is 0 Å². The van der Waals surface area contributed by atoms with Crippen molar-refractivity contribution in [3.05, 3.63) is 52.0 Å². The molecule has 0 aliphatic rings. The molecule has 0 aliphatic carbocycles. The molecule has 2 amide bonds. The summed E-state index contributed by atoms with van der Waals surface area (Å²) in [5.74, 6) is 0.885. The van der Waals surface area contributed by atoms with E-state index in [1.54, 1.807) is 43.3 Å². The Morgan fingerprint density at radius 3 is 2.21 bits per heavy atom. The molecule has 0 aromatic heterocycles. The second kappa shape index (κ2) is 13.2. The second-order valence-corrected chi connectivity index (χ2v) is 8.24. The molecule has 0 fully saturated rings. The lowest BCUT2D eigenvalue weighted by Gasteiger charge is -2.29. The molecule has 0 aliphatic heterocycles. The van der Waals surface area contributed by atoms with Crippen molar-refractivity contribution >= 4 is 35.0 Å². The molecule has 180 valence electrons. The third-order valence-electron chi connectivity index (χ3n) is 5.02. The van der Waals surface area contributed by atoms with Gasteiger partial charge in [-0.25, -0.2) is 0 Å². The van der Waals surface area contributed by atoms with Crippen molar-refractivity contribution in [3.8, 4) is 17.2 Å². The summed E-state index contributed by atoms with van der Waals surface area (Å²) in [6.45, 7) is 4.17. The summed E-state index contributed by atoms with van der Waals surface area (Å²) in [5.41, 5.74) is 0.744. The van der Waals surface area contributed by atoms with Crippen molar-refractivity contribution in [2.75, 3.05) is 27.4 Å². The van der Waals surface area contributed by atoms with E-state index >= 15 is 0 Å². The molecule has 2 rings (SSSR count). The standard InChI is InChI=1S/C24H30Cl2N2O5/c1-5-6-9-27-24(30)16(2)28(14-17-7-8-21(25)22(26)10-17)23(29)15-33-20-12-18(31-3)11-19(13-20)32-4/h7-8,10-13,16H,5-6,9,14-15H2,1-4H3,(H,27,30). The van der Waals surface area contributed by atoms with Gasteiger partial charge in [-0.15, -0.1) is 0 Å². The topological polar surface area (TPSA) is 77.1 Å². The van der Waals surface area contributed by atoms with E-state index in [1.165, 1.54) is 19.1 Å². The predicted molar refractivity (Wildman–Crippen MR) is 129 cm³/mol. The number of carbonyl (C=O) groups excluding carboxylic acids is 2. The van der Waals surface area contributed by atoms with Gasteiger partial charge in [-0.3, -0.25) is 9.59 Å². The number of ether oxygens (including phenoxy) is 3. The quantitative estimate of drug-likeness (QED) is 0.430. The van der Waals surface area contributed by atoms with E-state index in [0.717, 1.165) is 18.4 Å². The van der Waals surface area contributed by atoms with E-state index in [0.29, 0.717) is 33.8 Å². The molecule has 1 atom stereocenters. The first-order valence-corrected chi connectivity index (χ1v) is 11.4. The number of rotatable bonds is 12. The van der Waals surface area contributed by atoms with Gasteiger partial charge in [0.05, 0.1) is 24.3 Å². The maximum absolute atomic E-state index is 13.2. The Hall–Kier alpha value is -2.64. The number of halogens is 2. The molecule has 0 spiro atoms. The average molecular weight is 497 g/mol. The van der Waals surface area contributed by atoms with E-state index in [1.807, 2.05) is 6.92 Å². The number of amides is 2. The summed E-state index contributed by atoms with van der Waals surface area (Å²) in [4.78, 5) is 27.3. The van der Waals surface area contributed by atoms with Crippen LogP contribution in [0.4, 0.5) is 0 Å². The number of unbranched alkanes of at least 4 members (excludes halogenated alkanes) is 1. The lowest BCUT2D eigenvalue weighted by atomic mass is 10.1. The van der Waals surface area contributed by atoms with E-state index < -0.39 is 6.04 Å². The van der Waals surface area contributed by atoms with E-state index in [2.05, 4.69) is 5.32 Å². The predicted octanol–water partition coefficient (Wildman–Crippen LogP) is 4.72. The Kier molecular flexibility index (Phi) is 10.6. The van der Waals surface area contributed by atoms with Crippen LogP contribution in [0.1, 0.15) is 32.3 Å². The normalized spacial score (nSPS) is 11.5. The van der Waals surface area contributed by atoms with Crippen molar-refractivity contribution in [2.45, 2.75) is 39.3 Å². The molecule has 0 heterocycles. The van der Waals surface area contributed by atoms with Crippen LogP contribution in [0.2, 0.25) is 10.0 Å². The van der Waals surface area contributed by atoms with Crippen molar-refractivity contribution in [2.24, 2.45) is 0 Å². The van der Waals surface area contributed by atoms with Crippen LogP contribution in [-0.4, -0.2) is 50.1 Å². The van der Waals surface area contributed by atoms with Gasteiger partial charge in [0.1, 0.15) is 23.3 Å². The fourth-order valence-electron chi connectivity index (χ4n) is 3.05. The average Bonchev–Trinajstić information content (AvgIpc) is 2.82. The van der Waals surface area contributed by atoms with Crippen LogP contribution in [-0.2, 0) is 16.1 Å². The summed E-state index contributed by atoms with van der Waals surface area (Å²) in [7, 11) is 3.06. The minimum absolute atomic E-state index is 0.170. The molecule has 0 bridgehead atoms. The first kappa shape index (κ1) is 26.6. The molecular formula is C24H30Cl2N2O5. The third-order valence-corrected chi connectivity index (χ3v) is 5.76. The van der Waals surface area contributed by atoms with Crippen LogP contribution in [0, 0.1) is 0 Å². The largest absolute Gasteiger partial charge is 0.496 e. The molecule has 1 N–H and O–H groups in total. The molecule has 1 unspecified atom stereocenters. The highest BCUT2D eigenvalue weighted by atomic mass is 35.5. The fourth-order valence-corrected chi connectivity index (χ4v) is 3.37. The van der Waals surface area contributed by atoms with Crippen LogP contribution < -0.4 is 19.5 Å². The Morgan fingerprint density at radius 1 is 1.00 bits per heavy atom. The Labute approximate surface area is 204 Å². The number of hydrogen-bond donors (Lipinski definition) is 1. The highest BCUT2D eigenvalue weighted by molar-refractivity contribution is 6.42. The summed E-state index contributed by atoms with van der Waals surface area (Å²) >= 11 is 12.2. The maximum Gasteiger partial charge on any atom is 0.261 e. The minimum atomic E-state index is -0.716. The SMILES string of the molecule is CCCCNC(=O)C(C)N(Cc1ccc(Cl)c(Cl)c1)C(=O)COc1cc(OC)cc(OC)c1. The van der Waals surface area contributed by atoms with E-state index in [9.17, 15) is 9.59 Å². The van der Waals surface area contributed by atoms with Gasteiger partial charge in [0.15, 0.2) is 6.61 Å². The van der Waals surface area contributed by atoms with Crippen LogP contribution in [0.25, 0.3) is 0 Å². The summed E-state index contributed by atoms with van der Waals surface area (Å²) < 4.78 is 16.2. The highest BCUT2D eigenvalue weighted by Crippen LogP contribution is 2.28. The van der Waals surface area contributed by atoms with Gasteiger partial charge in [-0.05, 0) is 31.0 Å². The summed E-state index contributed by atoms with van der Waals surface area (Å²) in [5, 5.41) is 3.67. The van der Waals surface area contributed by atoms with Gasteiger partial charge >= 0.3 is 0 Å². The number of hydrogen-bond acceptors (Lipinski definition) is 5. The monoisotopic (exact) mass is 496 g/mol. The number of carbonyl (C=O) groups is 2. The van der Waals surface area contributed by atoms with Gasteiger partial charge in [0, 0.05) is 31.3 Å². The molecular weight excluding hydrogens is 467 g/mol. The molecule has 9 heteroatoms. The van der Waals surface area contributed by atoms with Crippen LogP contribution in [0.5, 0.6) is 17.2 Å². The first-order chi connectivity index (χ1) is 15.8. The van der Waals surface area contributed by atoms with E-state index in [-0.39, 0.29) is 25.0 Å². The molecule has 0 saturated carbocycles. The van der Waals surface area contributed by atoms with Gasteiger partial charge in [-0.1, -0.05) is 42.6 Å². The molecule has 7 nitrogen and oxygen atoms in total.